The Labute approximate surface area is 173 Å². The molecule has 0 radical (unpaired) electrons. The first-order chi connectivity index (χ1) is 14.0. The smallest absolute Gasteiger partial charge is 0.416 e. The van der Waals surface area contributed by atoms with E-state index in [1.807, 2.05) is 50.1 Å². The van der Waals surface area contributed by atoms with Crippen molar-refractivity contribution in [2.24, 2.45) is 0 Å². The van der Waals surface area contributed by atoms with Gasteiger partial charge in [0.25, 0.3) is 0 Å². The molecule has 0 aliphatic carbocycles. The molecule has 0 saturated heterocycles. The molecule has 0 spiro atoms. The van der Waals surface area contributed by atoms with Gasteiger partial charge in [0.2, 0.25) is 0 Å². The van der Waals surface area contributed by atoms with Crippen LogP contribution in [-0.4, -0.2) is 25.4 Å². The number of allylic oxidation sites excluding steroid dienone is 1. The molecule has 3 rings (SSSR count). The van der Waals surface area contributed by atoms with E-state index in [1.54, 1.807) is 0 Å². The maximum atomic E-state index is 12.8. The minimum absolute atomic E-state index is 0.174. The number of para-hydroxylation sites is 1. The number of benzene rings is 2. The molecule has 0 fully saturated rings. The van der Waals surface area contributed by atoms with E-state index in [-0.39, 0.29) is 17.4 Å². The summed E-state index contributed by atoms with van der Waals surface area (Å²) in [7, 11) is 1.87. The molecular weight excluding hydrogens is 395 g/mol. The van der Waals surface area contributed by atoms with Gasteiger partial charge in [0.05, 0.1) is 12.0 Å². The number of fused-ring (bicyclic) bond motifs is 1. The molecule has 2 aromatic carbocycles. The number of ether oxygens (including phenoxy) is 1. The van der Waals surface area contributed by atoms with Crippen LogP contribution in [0.15, 0.2) is 60.3 Å². The number of hydrogen-bond acceptors (Lipinski definition) is 4. The van der Waals surface area contributed by atoms with Crippen LogP contribution in [0.1, 0.15) is 30.5 Å². The molecule has 4 nitrogen and oxygen atoms in total. The Balaban J connectivity index is 1.63. The molecule has 0 unspecified atom stereocenters. The Kier molecular flexibility index (Phi) is 5.74. The maximum Gasteiger partial charge on any atom is 0.416 e. The summed E-state index contributed by atoms with van der Waals surface area (Å²) in [4.78, 5) is 26.3. The van der Waals surface area contributed by atoms with E-state index in [0.717, 1.165) is 29.1 Å². The number of alkyl halides is 3. The monoisotopic (exact) mass is 417 g/mol. The number of nitrogens with zero attached hydrogens (tertiary/aromatic N) is 1. The Morgan fingerprint density at radius 3 is 2.47 bits per heavy atom. The van der Waals surface area contributed by atoms with E-state index < -0.39 is 30.1 Å². The van der Waals surface area contributed by atoms with Crippen molar-refractivity contribution in [2.75, 3.05) is 18.6 Å². The first kappa shape index (κ1) is 21.6. The van der Waals surface area contributed by atoms with Crippen molar-refractivity contribution >= 4 is 17.4 Å². The second-order valence-corrected chi connectivity index (χ2v) is 7.73. The highest BCUT2D eigenvalue weighted by Crippen LogP contribution is 2.46. The highest BCUT2D eigenvalue weighted by molar-refractivity contribution is 5.94. The normalized spacial score (nSPS) is 16.5. The van der Waals surface area contributed by atoms with Gasteiger partial charge in [-0.3, -0.25) is 9.59 Å². The van der Waals surface area contributed by atoms with Gasteiger partial charge in [-0.25, -0.2) is 0 Å². The van der Waals surface area contributed by atoms with Crippen LogP contribution in [0.3, 0.4) is 0 Å². The van der Waals surface area contributed by atoms with Gasteiger partial charge in [-0.1, -0.05) is 50.2 Å². The number of likely N-dealkylation sites (N-methyl/N-ethyl adjacent to an activating group) is 1. The summed E-state index contributed by atoms with van der Waals surface area (Å²) in [6.45, 7) is 3.55. The van der Waals surface area contributed by atoms with E-state index in [9.17, 15) is 22.8 Å². The molecule has 2 aromatic rings. The first-order valence-electron chi connectivity index (χ1n) is 9.40. The van der Waals surface area contributed by atoms with Crippen molar-refractivity contribution in [1.29, 1.82) is 0 Å². The minimum Gasteiger partial charge on any atom is -0.457 e. The van der Waals surface area contributed by atoms with Crippen LogP contribution in [0.4, 0.5) is 18.9 Å². The highest BCUT2D eigenvalue weighted by atomic mass is 19.4. The third kappa shape index (κ3) is 4.40. The van der Waals surface area contributed by atoms with Gasteiger partial charge in [0.1, 0.15) is 0 Å². The average Bonchev–Trinajstić information content (AvgIpc) is 2.87. The van der Waals surface area contributed by atoms with Gasteiger partial charge < -0.3 is 9.64 Å². The van der Waals surface area contributed by atoms with Crippen LogP contribution in [-0.2, 0) is 32.3 Å². The molecule has 0 N–H and O–H groups in total. The quantitative estimate of drug-likeness (QED) is 0.524. The van der Waals surface area contributed by atoms with Crippen LogP contribution in [0.2, 0.25) is 0 Å². The third-order valence-electron chi connectivity index (χ3n) is 5.22. The second kappa shape index (κ2) is 7.97. The standard InChI is InChI=1S/C23H22F3NO3/c1-22(2)18-9-4-5-10-19(18)27(3)20(22)13-17(28)14-30-21(29)12-15-7-6-8-16(11-15)23(24,25)26/h4-11,13H,12,14H2,1-3H3/b20-13-. The minimum atomic E-state index is -4.49. The van der Waals surface area contributed by atoms with Crippen LogP contribution < -0.4 is 4.90 Å². The molecule has 7 heteroatoms. The second-order valence-electron chi connectivity index (χ2n) is 7.73. The Hall–Kier alpha value is -3.09. The van der Waals surface area contributed by atoms with E-state index >= 15 is 0 Å². The van der Waals surface area contributed by atoms with Crippen molar-refractivity contribution in [1.82, 2.24) is 0 Å². The van der Waals surface area contributed by atoms with Gasteiger partial charge in [0, 0.05) is 29.9 Å². The fourth-order valence-corrected chi connectivity index (χ4v) is 3.68. The van der Waals surface area contributed by atoms with Crippen LogP contribution in [0.5, 0.6) is 0 Å². The summed E-state index contributed by atoms with van der Waals surface area (Å²) in [6, 6.07) is 12.3. The van der Waals surface area contributed by atoms with E-state index in [2.05, 4.69) is 0 Å². The number of halogens is 3. The summed E-state index contributed by atoms with van der Waals surface area (Å²) < 4.78 is 43.3. The van der Waals surface area contributed by atoms with Crippen molar-refractivity contribution in [2.45, 2.75) is 31.9 Å². The third-order valence-corrected chi connectivity index (χ3v) is 5.22. The molecule has 0 saturated carbocycles. The van der Waals surface area contributed by atoms with Gasteiger partial charge in [-0.2, -0.15) is 13.2 Å². The summed E-state index contributed by atoms with van der Waals surface area (Å²) in [5.74, 6) is -1.15. The number of carbonyl (C=O) groups excluding carboxylic acids is 2. The van der Waals surface area contributed by atoms with Gasteiger partial charge in [-0.15, -0.1) is 0 Å². The topological polar surface area (TPSA) is 46.6 Å². The number of rotatable bonds is 5. The van der Waals surface area contributed by atoms with Gasteiger partial charge in [-0.05, 0) is 23.3 Å². The molecule has 1 heterocycles. The van der Waals surface area contributed by atoms with E-state index in [4.69, 9.17) is 4.74 Å². The van der Waals surface area contributed by atoms with Crippen molar-refractivity contribution in [3.8, 4) is 0 Å². The van der Waals surface area contributed by atoms with Crippen LogP contribution in [0, 0.1) is 0 Å². The highest BCUT2D eigenvalue weighted by Gasteiger charge is 2.38. The molecule has 1 aliphatic rings. The van der Waals surface area contributed by atoms with Crippen LogP contribution >= 0.6 is 0 Å². The molecule has 1 aliphatic heterocycles. The predicted octanol–water partition coefficient (Wildman–Crippen LogP) is 4.67. The van der Waals surface area contributed by atoms with Crippen LogP contribution in [0.25, 0.3) is 0 Å². The molecule has 0 bridgehead atoms. The Morgan fingerprint density at radius 2 is 1.80 bits per heavy atom. The first-order valence-corrected chi connectivity index (χ1v) is 9.40. The molecule has 0 amide bonds. The fourth-order valence-electron chi connectivity index (χ4n) is 3.68. The Bertz CT molecular complexity index is 1010. The molecular formula is C23H22F3NO3. The fraction of sp³-hybridized carbons (Fsp3) is 0.304. The number of carbonyl (C=O) groups is 2. The van der Waals surface area contributed by atoms with Crippen molar-refractivity contribution in [3.05, 3.63) is 77.0 Å². The molecule has 30 heavy (non-hydrogen) atoms. The van der Waals surface area contributed by atoms with Gasteiger partial charge in [0.15, 0.2) is 12.4 Å². The molecule has 0 aromatic heterocycles. The largest absolute Gasteiger partial charge is 0.457 e. The number of esters is 1. The summed E-state index contributed by atoms with van der Waals surface area (Å²) in [5.41, 5.74) is 1.83. The number of anilines is 1. The number of hydrogen-bond donors (Lipinski definition) is 0. The SMILES string of the molecule is CN1/C(=C\C(=O)COC(=O)Cc2cccc(C(F)(F)F)c2)C(C)(C)c2ccccc21. The predicted molar refractivity (Wildman–Crippen MR) is 107 cm³/mol. The van der Waals surface area contributed by atoms with Crippen molar-refractivity contribution in [3.63, 3.8) is 0 Å². The summed E-state index contributed by atoms with van der Waals surface area (Å²) in [6.07, 6.45) is -3.37. The molecule has 158 valence electrons. The Morgan fingerprint density at radius 1 is 1.10 bits per heavy atom. The zero-order valence-electron chi connectivity index (χ0n) is 16.9. The van der Waals surface area contributed by atoms with E-state index in [1.165, 1.54) is 18.2 Å². The van der Waals surface area contributed by atoms with Gasteiger partial charge >= 0.3 is 12.1 Å². The lowest BCUT2D eigenvalue weighted by atomic mass is 9.83. The van der Waals surface area contributed by atoms with E-state index in [0.29, 0.717) is 0 Å². The molecule has 0 atom stereocenters. The summed E-state index contributed by atoms with van der Waals surface area (Å²) >= 11 is 0. The zero-order valence-corrected chi connectivity index (χ0v) is 16.9. The lowest BCUT2D eigenvalue weighted by Crippen LogP contribution is -2.25. The average molecular weight is 417 g/mol. The number of ketones is 1. The van der Waals surface area contributed by atoms with Crippen molar-refractivity contribution < 1.29 is 27.5 Å². The lowest BCUT2D eigenvalue weighted by Gasteiger charge is -2.23. The lowest BCUT2D eigenvalue weighted by molar-refractivity contribution is -0.146. The summed E-state index contributed by atoms with van der Waals surface area (Å²) in [5, 5.41) is 0. The zero-order chi connectivity index (χ0) is 22.1. The maximum absolute atomic E-state index is 12.8.